The standard InChI is InChI=1S/C21H22O2/c1-3-7-16-12-10-15-11-13-18(21(22)23-2)14-19(15)20(16)17-8-5-4-6-9-17/h4-6,8-9,11,13-14H,3,7,10,12H2,1-2H3. The average molecular weight is 306 g/mol. The van der Waals surface area contributed by atoms with Gasteiger partial charge in [-0.3, -0.25) is 0 Å². The molecule has 2 nitrogen and oxygen atoms in total. The summed E-state index contributed by atoms with van der Waals surface area (Å²) in [5.74, 6) is -0.275. The number of allylic oxidation sites excluding steroid dienone is 1. The third-order valence-corrected chi connectivity index (χ3v) is 4.46. The fraction of sp³-hybridized carbons (Fsp3) is 0.286. The lowest BCUT2D eigenvalue weighted by Gasteiger charge is -2.24. The molecular weight excluding hydrogens is 284 g/mol. The van der Waals surface area contributed by atoms with Gasteiger partial charge in [0.05, 0.1) is 12.7 Å². The Hall–Kier alpha value is -2.35. The molecule has 2 aromatic carbocycles. The van der Waals surface area contributed by atoms with Gasteiger partial charge in [-0.2, -0.15) is 0 Å². The molecule has 0 unspecified atom stereocenters. The van der Waals surface area contributed by atoms with E-state index in [1.807, 2.05) is 18.2 Å². The highest BCUT2D eigenvalue weighted by Gasteiger charge is 2.21. The van der Waals surface area contributed by atoms with E-state index in [0.717, 1.165) is 25.7 Å². The molecule has 0 heterocycles. The van der Waals surface area contributed by atoms with Crippen LogP contribution in [0.2, 0.25) is 0 Å². The molecular formula is C21H22O2. The van der Waals surface area contributed by atoms with E-state index >= 15 is 0 Å². The maximum atomic E-state index is 11.9. The summed E-state index contributed by atoms with van der Waals surface area (Å²) in [6.45, 7) is 2.22. The van der Waals surface area contributed by atoms with Crippen molar-refractivity contribution in [2.24, 2.45) is 0 Å². The van der Waals surface area contributed by atoms with E-state index in [0.29, 0.717) is 5.56 Å². The number of ether oxygens (including phenoxy) is 1. The molecule has 0 saturated carbocycles. The van der Waals surface area contributed by atoms with Crippen LogP contribution in [-0.2, 0) is 11.2 Å². The van der Waals surface area contributed by atoms with Gasteiger partial charge in [-0.25, -0.2) is 4.79 Å². The van der Waals surface area contributed by atoms with E-state index in [2.05, 4.69) is 37.3 Å². The molecule has 0 saturated heterocycles. The first-order valence-corrected chi connectivity index (χ1v) is 8.23. The quantitative estimate of drug-likeness (QED) is 0.741. The van der Waals surface area contributed by atoms with Crippen LogP contribution >= 0.6 is 0 Å². The molecule has 0 N–H and O–H groups in total. The van der Waals surface area contributed by atoms with Crippen molar-refractivity contribution in [3.05, 3.63) is 76.4 Å². The lowest BCUT2D eigenvalue weighted by atomic mass is 9.80. The van der Waals surface area contributed by atoms with Crippen LogP contribution in [0.4, 0.5) is 0 Å². The highest BCUT2D eigenvalue weighted by Crippen LogP contribution is 2.38. The Labute approximate surface area is 137 Å². The number of methoxy groups -OCH3 is 1. The van der Waals surface area contributed by atoms with E-state index in [-0.39, 0.29) is 5.97 Å². The zero-order valence-corrected chi connectivity index (χ0v) is 13.8. The van der Waals surface area contributed by atoms with Crippen LogP contribution in [0.1, 0.15) is 53.2 Å². The van der Waals surface area contributed by atoms with Crippen LogP contribution in [0.3, 0.4) is 0 Å². The van der Waals surface area contributed by atoms with Crippen LogP contribution in [0.5, 0.6) is 0 Å². The van der Waals surface area contributed by atoms with E-state index in [4.69, 9.17) is 4.74 Å². The van der Waals surface area contributed by atoms with Crippen LogP contribution in [0.15, 0.2) is 54.1 Å². The van der Waals surface area contributed by atoms with Gasteiger partial charge >= 0.3 is 5.97 Å². The monoisotopic (exact) mass is 306 g/mol. The van der Waals surface area contributed by atoms with Crippen LogP contribution < -0.4 is 0 Å². The van der Waals surface area contributed by atoms with Gasteiger partial charge in [0.15, 0.2) is 0 Å². The molecule has 2 aromatic rings. The van der Waals surface area contributed by atoms with Crippen molar-refractivity contribution in [2.45, 2.75) is 32.6 Å². The summed E-state index contributed by atoms with van der Waals surface area (Å²) in [4.78, 5) is 11.9. The zero-order valence-electron chi connectivity index (χ0n) is 13.8. The summed E-state index contributed by atoms with van der Waals surface area (Å²) >= 11 is 0. The van der Waals surface area contributed by atoms with Crippen LogP contribution in [0, 0.1) is 0 Å². The topological polar surface area (TPSA) is 26.3 Å². The number of esters is 1. The molecule has 0 aliphatic heterocycles. The van der Waals surface area contributed by atoms with Crippen molar-refractivity contribution < 1.29 is 9.53 Å². The largest absolute Gasteiger partial charge is 0.465 e. The van der Waals surface area contributed by atoms with Crippen molar-refractivity contribution in [3.63, 3.8) is 0 Å². The van der Waals surface area contributed by atoms with Crippen molar-refractivity contribution in [1.29, 1.82) is 0 Å². The molecule has 0 fully saturated rings. The predicted octanol–water partition coefficient (Wildman–Crippen LogP) is 5.02. The second-order valence-corrected chi connectivity index (χ2v) is 5.96. The number of benzene rings is 2. The smallest absolute Gasteiger partial charge is 0.337 e. The molecule has 1 aliphatic rings. The van der Waals surface area contributed by atoms with Crippen molar-refractivity contribution in [3.8, 4) is 0 Å². The molecule has 1 aliphatic carbocycles. The number of hydrogen-bond donors (Lipinski definition) is 0. The zero-order chi connectivity index (χ0) is 16.2. The first kappa shape index (κ1) is 15.5. The third-order valence-electron chi connectivity index (χ3n) is 4.46. The summed E-state index contributed by atoms with van der Waals surface area (Å²) in [5, 5.41) is 0. The summed E-state index contributed by atoms with van der Waals surface area (Å²) in [6, 6.07) is 16.5. The highest BCUT2D eigenvalue weighted by atomic mass is 16.5. The Bertz CT molecular complexity index is 742. The molecule has 23 heavy (non-hydrogen) atoms. The first-order chi connectivity index (χ1) is 11.2. The van der Waals surface area contributed by atoms with Gasteiger partial charge in [-0.1, -0.05) is 55.3 Å². The number of aryl methyl sites for hydroxylation is 1. The number of carbonyl (C=O) groups is 1. The minimum atomic E-state index is -0.275. The number of hydrogen-bond acceptors (Lipinski definition) is 2. The third kappa shape index (κ3) is 3.07. The number of carbonyl (C=O) groups excluding carboxylic acids is 1. The molecule has 0 bridgehead atoms. The summed E-state index contributed by atoms with van der Waals surface area (Å²) in [6.07, 6.45) is 4.38. The second-order valence-electron chi connectivity index (χ2n) is 5.96. The summed E-state index contributed by atoms with van der Waals surface area (Å²) < 4.78 is 4.89. The molecule has 0 radical (unpaired) electrons. The van der Waals surface area contributed by atoms with Gasteiger partial charge in [-0.15, -0.1) is 0 Å². The van der Waals surface area contributed by atoms with Gasteiger partial charge < -0.3 is 4.74 Å². The summed E-state index contributed by atoms with van der Waals surface area (Å²) in [7, 11) is 1.43. The normalized spacial score (nSPS) is 13.7. The minimum absolute atomic E-state index is 0.275. The molecule has 0 atom stereocenters. The maximum Gasteiger partial charge on any atom is 0.337 e. The Morgan fingerprint density at radius 2 is 1.87 bits per heavy atom. The summed E-state index contributed by atoms with van der Waals surface area (Å²) in [5.41, 5.74) is 7.16. The molecule has 0 amide bonds. The van der Waals surface area contributed by atoms with E-state index in [9.17, 15) is 4.79 Å². The minimum Gasteiger partial charge on any atom is -0.465 e. The van der Waals surface area contributed by atoms with Gasteiger partial charge in [0.25, 0.3) is 0 Å². The van der Waals surface area contributed by atoms with E-state index < -0.39 is 0 Å². The van der Waals surface area contributed by atoms with Crippen molar-refractivity contribution in [2.75, 3.05) is 7.11 Å². The SMILES string of the molecule is CCCC1=C(c2ccccc2)c2cc(C(=O)OC)ccc2CC1. The Balaban J connectivity index is 2.18. The second kappa shape index (κ2) is 6.82. The van der Waals surface area contributed by atoms with Crippen LogP contribution in [-0.4, -0.2) is 13.1 Å². The Kier molecular flexibility index (Phi) is 4.61. The fourth-order valence-corrected chi connectivity index (χ4v) is 3.39. The van der Waals surface area contributed by atoms with Gasteiger partial charge in [0.2, 0.25) is 0 Å². The lowest BCUT2D eigenvalue weighted by molar-refractivity contribution is 0.0600. The maximum absolute atomic E-state index is 11.9. The molecule has 2 heteroatoms. The predicted molar refractivity (Wildman–Crippen MR) is 93.5 cm³/mol. The molecule has 0 aromatic heterocycles. The number of rotatable bonds is 4. The van der Waals surface area contributed by atoms with Gasteiger partial charge in [0, 0.05) is 0 Å². The Morgan fingerprint density at radius 1 is 1.09 bits per heavy atom. The van der Waals surface area contributed by atoms with Crippen molar-refractivity contribution >= 4 is 11.5 Å². The molecule has 3 rings (SSSR count). The fourth-order valence-electron chi connectivity index (χ4n) is 3.39. The van der Waals surface area contributed by atoms with Crippen LogP contribution in [0.25, 0.3) is 5.57 Å². The Morgan fingerprint density at radius 3 is 2.57 bits per heavy atom. The van der Waals surface area contributed by atoms with E-state index in [1.54, 1.807) is 0 Å². The van der Waals surface area contributed by atoms with Gasteiger partial charge in [-0.05, 0) is 53.7 Å². The average Bonchev–Trinajstić information content (AvgIpc) is 2.61. The molecule has 118 valence electrons. The van der Waals surface area contributed by atoms with Crippen molar-refractivity contribution in [1.82, 2.24) is 0 Å². The lowest BCUT2D eigenvalue weighted by Crippen LogP contribution is -2.09. The highest BCUT2D eigenvalue weighted by molar-refractivity contribution is 5.93. The molecule has 0 spiro atoms. The first-order valence-electron chi connectivity index (χ1n) is 8.23. The van der Waals surface area contributed by atoms with Gasteiger partial charge in [0.1, 0.15) is 0 Å². The van der Waals surface area contributed by atoms with E-state index in [1.165, 1.54) is 34.9 Å². The number of fused-ring (bicyclic) bond motifs is 1.